The number of hydrogen-bond acceptors (Lipinski definition) is 13. The van der Waals surface area contributed by atoms with Gasteiger partial charge in [0, 0.05) is 60.9 Å². The van der Waals surface area contributed by atoms with Crippen LogP contribution in [0.3, 0.4) is 0 Å². The number of pyridine rings is 1. The number of hydrogen-bond donors (Lipinski definition) is 5. The summed E-state index contributed by atoms with van der Waals surface area (Å²) in [5.41, 5.74) is 0.243. The first-order valence-corrected chi connectivity index (χ1v) is 26.8. The van der Waals surface area contributed by atoms with Crippen molar-refractivity contribution < 1.29 is 42.2 Å². The highest BCUT2D eigenvalue weighted by molar-refractivity contribution is 7.91. The monoisotopic (exact) mass is 990 g/mol. The summed E-state index contributed by atoms with van der Waals surface area (Å²) in [6, 6.07) is 7.30. The molecule has 6 atom stereocenters. The van der Waals surface area contributed by atoms with E-state index in [1.807, 2.05) is 37.4 Å². The van der Waals surface area contributed by atoms with E-state index in [0.717, 1.165) is 61.4 Å². The topological polar surface area (TPSA) is 221 Å². The molecule has 68 heavy (non-hydrogen) atoms. The summed E-state index contributed by atoms with van der Waals surface area (Å²) < 4.78 is 40.9. The Morgan fingerprint density at radius 2 is 1.81 bits per heavy atom. The Morgan fingerprint density at radius 3 is 2.54 bits per heavy atom. The number of allylic oxidation sites excluding steroid dienone is 1. The number of carbonyl (C=O) groups is 4. The van der Waals surface area contributed by atoms with E-state index in [-0.39, 0.29) is 48.5 Å². The van der Waals surface area contributed by atoms with Gasteiger partial charge in [-0.15, -0.1) is 22.7 Å². The second-order valence-corrected chi connectivity index (χ2v) is 22.8. The van der Waals surface area contributed by atoms with Crippen LogP contribution in [0, 0.1) is 11.8 Å². The summed E-state index contributed by atoms with van der Waals surface area (Å²) in [7, 11) is -0.717. The van der Waals surface area contributed by atoms with Crippen LogP contribution < -0.4 is 30.7 Å². The highest BCUT2D eigenvalue weighted by Gasteiger charge is 2.61. The molecule has 3 aromatic heterocycles. The Hall–Kier alpha value is -5.31. The number of carboxylic acids is 1. The van der Waals surface area contributed by atoms with E-state index in [9.17, 15) is 27.9 Å². The van der Waals surface area contributed by atoms with Gasteiger partial charge in [0.05, 0.1) is 24.9 Å². The van der Waals surface area contributed by atoms with Gasteiger partial charge < -0.3 is 40.7 Å². The molecular weight excluding hydrogens is 929 g/mol. The number of aliphatic carboxylic acids is 1. The zero-order chi connectivity index (χ0) is 48.2. The Bertz CT molecular complexity index is 2600. The molecule has 5 N–H and O–H groups in total. The minimum Gasteiger partial charge on any atom is -0.497 e. The van der Waals surface area contributed by atoms with Crippen LogP contribution in [-0.4, -0.2) is 120 Å². The van der Waals surface area contributed by atoms with E-state index in [0.29, 0.717) is 46.6 Å². The van der Waals surface area contributed by atoms with Gasteiger partial charge in [-0.25, -0.2) is 28.0 Å². The largest absolute Gasteiger partial charge is 0.497 e. The number of fused-ring (bicyclic) bond motifs is 3. The van der Waals surface area contributed by atoms with E-state index in [4.69, 9.17) is 19.4 Å². The van der Waals surface area contributed by atoms with Crippen molar-refractivity contribution in [1.82, 2.24) is 35.1 Å². The molecule has 20 heteroatoms. The third kappa shape index (κ3) is 11.1. The second-order valence-electron chi connectivity index (χ2n) is 18.7. The predicted molar refractivity (Wildman–Crippen MR) is 261 cm³/mol. The maximum Gasteiger partial charge on any atom is 0.330 e. The van der Waals surface area contributed by atoms with E-state index in [1.54, 1.807) is 42.8 Å². The van der Waals surface area contributed by atoms with E-state index in [1.165, 1.54) is 27.6 Å². The van der Waals surface area contributed by atoms with Crippen LogP contribution in [0.2, 0.25) is 0 Å². The number of nitrogens with zero attached hydrogens (tertiary/aromatic N) is 4. The number of ether oxygens (including phenoxy) is 2. The van der Waals surface area contributed by atoms with Gasteiger partial charge in [0.25, 0.3) is 10.0 Å². The fourth-order valence-electron chi connectivity index (χ4n) is 9.72. The molecule has 2 aliphatic heterocycles. The number of rotatable bonds is 14. The fourth-order valence-corrected chi connectivity index (χ4v) is 13.0. The van der Waals surface area contributed by atoms with Crippen LogP contribution in [0.15, 0.2) is 63.5 Å². The highest BCUT2D eigenvalue weighted by Crippen LogP contribution is 2.46. The molecule has 4 aromatic rings. The smallest absolute Gasteiger partial charge is 0.330 e. The van der Waals surface area contributed by atoms with Crippen LogP contribution in [0.5, 0.6) is 11.5 Å². The normalized spacial score (nSPS) is 24.8. The first-order chi connectivity index (χ1) is 32.6. The number of thiophene rings is 1. The Labute approximate surface area is 405 Å². The van der Waals surface area contributed by atoms with Crippen LogP contribution >= 0.6 is 22.7 Å². The quantitative estimate of drug-likeness (QED) is 0.0806. The number of carbonyl (C=O) groups excluding carboxylic acids is 3. The molecule has 0 radical (unpaired) electrons. The fraction of sp³-hybridized carbons (Fsp3) is 0.542. The van der Waals surface area contributed by atoms with Gasteiger partial charge in [0.1, 0.15) is 45.1 Å². The minimum absolute atomic E-state index is 0.0182. The number of methoxy groups -OCH3 is 1. The number of likely N-dealkylation sites (N-methyl/N-ethyl adjacent to an activating group) is 1. The summed E-state index contributed by atoms with van der Waals surface area (Å²) in [6.07, 6.45) is 11.1. The number of benzene rings is 1. The lowest BCUT2D eigenvalue weighted by molar-refractivity contribution is -0.145. The van der Waals surface area contributed by atoms with Crippen molar-refractivity contribution in [3.63, 3.8) is 0 Å². The van der Waals surface area contributed by atoms with E-state index >= 15 is 4.79 Å². The Balaban J connectivity index is 1.08. The van der Waals surface area contributed by atoms with E-state index in [2.05, 4.69) is 21.3 Å². The summed E-state index contributed by atoms with van der Waals surface area (Å²) in [4.78, 5) is 67.7. The average molecular weight is 991 g/mol. The lowest BCUT2D eigenvalue weighted by Gasteiger charge is -2.34. The molecule has 8 rings (SSSR count). The van der Waals surface area contributed by atoms with Crippen molar-refractivity contribution in [3.8, 4) is 22.9 Å². The lowest BCUT2D eigenvalue weighted by atomic mass is 9.84. The van der Waals surface area contributed by atoms with Crippen molar-refractivity contribution in [3.05, 3.63) is 59.3 Å². The number of amides is 4. The van der Waals surface area contributed by atoms with Crippen LogP contribution in [0.1, 0.15) is 90.9 Å². The molecule has 0 spiro atoms. The molecule has 1 aromatic carbocycles. The molecule has 5 heterocycles. The minimum atomic E-state index is -3.81. The molecule has 17 nitrogen and oxygen atoms in total. The SMILES string of the molecule is COc1ccc2c(O[C@@H]3C[C@H]4C(=O)N[C@]5(C(=O)O)CC5/C=C\CCCCC[C@@H](NC(=O)N[C@H](CN(C)S(=O)(=O)c5cccs5)C5CCCCC5)C(=O)N4C3)cc(-c3csc(NC(C)C)n3)nc2c1. The molecule has 366 valence electrons. The molecule has 2 aliphatic carbocycles. The molecule has 1 saturated heterocycles. The molecular formula is C48H62N8O9S3. The van der Waals surface area contributed by atoms with Gasteiger partial charge in [0.15, 0.2) is 5.13 Å². The van der Waals surface area contributed by atoms with Crippen molar-refractivity contribution in [1.29, 1.82) is 0 Å². The third-order valence-corrected chi connectivity index (χ3v) is 17.5. The van der Waals surface area contributed by atoms with Gasteiger partial charge >= 0.3 is 12.0 Å². The summed E-state index contributed by atoms with van der Waals surface area (Å²) in [6.45, 7) is 4.06. The van der Waals surface area contributed by atoms with Gasteiger partial charge in [0.2, 0.25) is 11.8 Å². The molecule has 1 unspecified atom stereocenters. The number of anilines is 1. The van der Waals surface area contributed by atoms with Crippen LogP contribution in [-0.2, 0) is 24.4 Å². The lowest BCUT2D eigenvalue weighted by Crippen LogP contribution is -2.58. The number of urea groups is 1. The Morgan fingerprint density at radius 1 is 1.03 bits per heavy atom. The van der Waals surface area contributed by atoms with E-state index < -0.39 is 69.5 Å². The van der Waals surface area contributed by atoms with Gasteiger partial charge in [-0.2, -0.15) is 4.31 Å². The first-order valence-electron chi connectivity index (χ1n) is 23.6. The highest BCUT2D eigenvalue weighted by atomic mass is 32.2. The van der Waals surface area contributed by atoms with Crippen molar-refractivity contribution in [2.45, 2.75) is 131 Å². The summed E-state index contributed by atoms with van der Waals surface area (Å²) in [5.74, 6) is -1.61. The molecule has 4 aliphatic rings. The van der Waals surface area contributed by atoms with Gasteiger partial charge in [-0.1, -0.05) is 50.3 Å². The molecule has 3 fully saturated rings. The number of sulfonamides is 1. The van der Waals surface area contributed by atoms with Gasteiger partial charge in [-0.3, -0.25) is 9.59 Å². The number of nitrogens with one attached hydrogen (secondary N) is 4. The molecule has 2 saturated carbocycles. The maximum atomic E-state index is 15.1. The van der Waals surface area contributed by atoms with Gasteiger partial charge in [-0.05, 0) is 81.9 Å². The number of thiazole rings is 1. The number of carboxylic acid groups (broad SMARTS) is 1. The summed E-state index contributed by atoms with van der Waals surface area (Å²) in [5, 5.41) is 27.7. The van der Waals surface area contributed by atoms with Crippen molar-refractivity contribution in [2.75, 3.05) is 32.6 Å². The maximum absolute atomic E-state index is 15.1. The van der Waals surface area contributed by atoms with Crippen molar-refractivity contribution in [2.24, 2.45) is 11.8 Å². The molecule has 0 bridgehead atoms. The molecule has 4 amide bonds. The standard InChI is InChI=1S/C48H62N8O9S3/c1-29(2)49-47-53-39(28-67-47)37-24-41(34-20-19-32(64-4)22-36(34)50-37)65-33-23-40-43(57)54-48(45(59)60)25-31(48)16-11-6-5-7-12-17-35(44(58)56(40)26-33)51-46(61)52-38(30-14-9-8-10-15-30)27-55(3)68(62,63)42-18-13-21-66-42/h11,13,16,18-22,24,28-31,33,35,38,40H,5-10,12,14-15,17,23,25-27H2,1-4H3,(H,49,53)(H,54,57)(H,59,60)(H2,51,52,61)/b16-11-/t31?,33-,35-,38-,40+,48-/m1/s1. The summed E-state index contributed by atoms with van der Waals surface area (Å²) >= 11 is 2.59. The van der Waals surface area contributed by atoms with Crippen LogP contribution in [0.25, 0.3) is 22.3 Å². The first kappa shape index (κ1) is 49.1. The second kappa shape index (κ2) is 21.1. The average Bonchev–Trinajstić information content (AvgIpc) is 3.79. The third-order valence-electron chi connectivity index (χ3n) is 13.5. The van der Waals surface area contributed by atoms with Crippen molar-refractivity contribution >= 4 is 72.5 Å². The number of aromatic nitrogens is 2. The Kier molecular flexibility index (Phi) is 15.3. The van der Waals surface area contributed by atoms with Crippen LogP contribution in [0.4, 0.5) is 9.93 Å². The zero-order valence-corrected chi connectivity index (χ0v) is 41.4. The zero-order valence-electron chi connectivity index (χ0n) is 38.9. The predicted octanol–water partition coefficient (Wildman–Crippen LogP) is 7.01.